The van der Waals surface area contributed by atoms with Gasteiger partial charge in [0.1, 0.15) is 5.01 Å². The number of aromatic nitrogens is 2. The standard InChI is InChI=1S/C19H21ClN4S2/c20-14-1-3-15(4-2-14)21-17(25)22-18-24-23-16(26-18)19-8-11-5-12(9-19)7-13(6-11)10-19/h1-4,11-13H,5-10H2,(H2,21,22,24,25). The Bertz CT molecular complexity index is 797. The highest BCUT2D eigenvalue weighted by Gasteiger charge is 2.53. The van der Waals surface area contributed by atoms with Crippen molar-refractivity contribution >= 4 is 51.1 Å². The Morgan fingerprint density at radius 3 is 2.23 bits per heavy atom. The first-order valence-electron chi connectivity index (χ1n) is 9.25. The second-order valence-corrected chi connectivity index (χ2v) is 10.0. The lowest BCUT2D eigenvalue weighted by atomic mass is 9.50. The minimum absolute atomic E-state index is 0.289. The topological polar surface area (TPSA) is 49.8 Å². The van der Waals surface area contributed by atoms with E-state index in [9.17, 15) is 0 Å². The molecule has 0 radical (unpaired) electrons. The van der Waals surface area contributed by atoms with Crippen LogP contribution >= 0.6 is 35.2 Å². The summed E-state index contributed by atoms with van der Waals surface area (Å²) in [6, 6.07) is 7.47. The van der Waals surface area contributed by atoms with Crippen LogP contribution in [-0.2, 0) is 5.41 Å². The third kappa shape index (κ3) is 3.12. The van der Waals surface area contributed by atoms with Crippen molar-refractivity contribution in [3.05, 3.63) is 34.3 Å². The predicted octanol–water partition coefficient (Wildman–Crippen LogP) is 5.47. The second-order valence-electron chi connectivity index (χ2n) is 8.20. The Morgan fingerprint density at radius 2 is 1.62 bits per heavy atom. The molecule has 0 aliphatic heterocycles. The van der Waals surface area contributed by atoms with Crippen LogP contribution in [0.4, 0.5) is 10.8 Å². The van der Waals surface area contributed by atoms with Crippen LogP contribution in [0.15, 0.2) is 24.3 Å². The number of rotatable bonds is 3. The fourth-order valence-electron chi connectivity index (χ4n) is 5.65. The van der Waals surface area contributed by atoms with Gasteiger partial charge in [-0.15, -0.1) is 10.2 Å². The monoisotopic (exact) mass is 404 g/mol. The van der Waals surface area contributed by atoms with E-state index in [1.54, 1.807) is 11.3 Å². The van der Waals surface area contributed by atoms with Gasteiger partial charge in [0.25, 0.3) is 0 Å². The highest BCUT2D eigenvalue weighted by Crippen LogP contribution is 2.61. The van der Waals surface area contributed by atoms with Crippen LogP contribution in [0, 0.1) is 17.8 Å². The molecule has 1 aromatic carbocycles. The van der Waals surface area contributed by atoms with Gasteiger partial charge in [0, 0.05) is 16.1 Å². The molecule has 4 aliphatic carbocycles. The Kier molecular flexibility index (Phi) is 4.18. The highest BCUT2D eigenvalue weighted by atomic mass is 35.5. The zero-order valence-electron chi connectivity index (χ0n) is 14.4. The molecular formula is C19H21ClN4S2. The number of hydrogen-bond donors (Lipinski definition) is 2. The number of thiocarbonyl (C=S) groups is 1. The molecule has 4 nitrogen and oxygen atoms in total. The SMILES string of the molecule is S=C(Nc1ccc(Cl)cc1)Nc1nnc(C23CC4CC(CC(C4)C2)C3)s1. The number of nitrogens with zero attached hydrogens (tertiary/aromatic N) is 2. The van der Waals surface area contributed by atoms with E-state index in [0.29, 0.717) is 10.1 Å². The van der Waals surface area contributed by atoms with Crippen molar-refractivity contribution in [2.45, 2.75) is 43.9 Å². The highest BCUT2D eigenvalue weighted by molar-refractivity contribution is 7.80. The van der Waals surface area contributed by atoms with E-state index in [2.05, 4.69) is 20.8 Å². The Hall–Kier alpha value is -1.24. The molecule has 0 atom stereocenters. The molecule has 0 amide bonds. The van der Waals surface area contributed by atoms with Gasteiger partial charge in [-0.1, -0.05) is 22.9 Å². The maximum atomic E-state index is 5.92. The first-order valence-corrected chi connectivity index (χ1v) is 10.9. The molecule has 4 aliphatic rings. The van der Waals surface area contributed by atoms with Crippen LogP contribution in [0.25, 0.3) is 0 Å². The van der Waals surface area contributed by atoms with Crippen molar-refractivity contribution in [2.24, 2.45) is 17.8 Å². The van der Waals surface area contributed by atoms with Gasteiger partial charge < -0.3 is 10.6 Å². The Labute approximate surface area is 167 Å². The van der Waals surface area contributed by atoms with E-state index in [0.717, 1.165) is 28.6 Å². The van der Waals surface area contributed by atoms with E-state index >= 15 is 0 Å². The molecule has 0 saturated heterocycles. The van der Waals surface area contributed by atoms with Gasteiger partial charge in [-0.25, -0.2) is 0 Å². The van der Waals surface area contributed by atoms with Gasteiger partial charge >= 0.3 is 0 Å². The molecule has 1 heterocycles. The van der Waals surface area contributed by atoms with Crippen molar-refractivity contribution in [1.29, 1.82) is 0 Å². The summed E-state index contributed by atoms with van der Waals surface area (Å²) in [5.74, 6) is 2.73. The average Bonchev–Trinajstić information content (AvgIpc) is 3.05. The number of benzene rings is 1. The van der Waals surface area contributed by atoms with Crippen molar-refractivity contribution in [1.82, 2.24) is 10.2 Å². The molecule has 7 heteroatoms. The fourth-order valence-corrected chi connectivity index (χ4v) is 7.02. The maximum absolute atomic E-state index is 5.92. The summed E-state index contributed by atoms with van der Waals surface area (Å²) in [4.78, 5) is 0. The number of anilines is 2. The summed E-state index contributed by atoms with van der Waals surface area (Å²) < 4.78 is 0. The number of nitrogens with one attached hydrogen (secondary N) is 2. The zero-order valence-corrected chi connectivity index (χ0v) is 16.8. The van der Waals surface area contributed by atoms with Gasteiger partial charge in [0.15, 0.2) is 5.11 Å². The molecule has 0 spiro atoms. The van der Waals surface area contributed by atoms with Crippen molar-refractivity contribution in [3.63, 3.8) is 0 Å². The second kappa shape index (κ2) is 6.43. The average molecular weight is 405 g/mol. The fraction of sp³-hybridized carbons (Fsp3) is 0.526. The molecule has 4 saturated carbocycles. The summed E-state index contributed by atoms with van der Waals surface area (Å²) >= 11 is 13.0. The van der Waals surface area contributed by atoms with Crippen molar-refractivity contribution in [3.8, 4) is 0 Å². The number of halogens is 1. The van der Waals surface area contributed by atoms with E-state index < -0.39 is 0 Å². The van der Waals surface area contributed by atoms with E-state index in [1.807, 2.05) is 24.3 Å². The van der Waals surface area contributed by atoms with Crippen molar-refractivity contribution < 1.29 is 0 Å². The van der Waals surface area contributed by atoms with Gasteiger partial charge in [0.05, 0.1) is 0 Å². The van der Waals surface area contributed by atoms with E-state index in [1.165, 1.54) is 43.5 Å². The number of hydrogen-bond acceptors (Lipinski definition) is 4. The van der Waals surface area contributed by atoms with Gasteiger partial charge in [-0.05, 0) is 92.8 Å². The lowest BCUT2D eigenvalue weighted by molar-refractivity contribution is -0.00555. The quantitative estimate of drug-likeness (QED) is 0.664. The first-order chi connectivity index (χ1) is 12.6. The summed E-state index contributed by atoms with van der Waals surface area (Å²) in [6.07, 6.45) is 8.25. The third-order valence-electron chi connectivity index (χ3n) is 6.24. The van der Waals surface area contributed by atoms with Crippen molar-refractivity contribution in [2.75, 3.05) is 10.6 Å². The molecule has 2 N–H and O–H groups in total. The lowest BCUT2D eigenvalue weighted by Crippen LogP contribution is -2.48. The molecule has 6 rings (SSSR count). The Balaban J connectivity index is 1.28. The van der Waals surface area contributed by atoms with E-state index in [-0.39, 0.29) is 5.41 Å². The van der Waals surface area contributed by atoms with E-state index in [4.69, 9.17) is 23.8 Å². The lowest BCUT2D eigenvalue weighted by Gasteiger charge is -2.55. The van der Waals surface area contributed by atoms with Crippen LogP contribution in [0.5, 0.6) is 0 Å². The van der Waals surface area contributed by atoms with Gasteiger partial charge in [-0.3, -0.25) is 0 Å². The molecule has 0 unspecified atom stereocenters. The third-order valence-corrected chi connectivity index (χ3v) is 7.78. The molecule has 2 aromatic rings. The summed E-state index contributed by atoms with van der Waals surface area (Å²) in [6.45, 7) is 0. The minimum atomic E-state index is 0.289. The summed E-state index contributed by atoms with van der Waals surface area (Å²) in [5.41, 5.74) is 1.19. The molecule has 4 bridgehead atoms. The maximum Gasteiger partial charge on any atom is 0.211 e. The van der Waals surface area contributed by atoms with Crippen LogP contribution < -0.4 is 10.6 Å². The van der Waals surface area contributed by atoms with Crippen LogP contribution in [0.1, 0.15) is 43.5 Å². The molecule has 4 fully saturated rings. The largest absolute Gasteiger partial charge is 0.332 e. The zero-order chi connectivity index (χ0) is 17.7. The van der Waals surface area contributed by atoms with Crippen LogP contribution in [-0.4, -0.2) is 15.3 Å². The molecule has 26 heavy (non-hydrogen) atoms. The minimum Gasteiger partial charge on any atom is -0.332 e. The smallest absolute Gasteiger partial charge is 0.211 e. The van der Waals surface area contributed by atoms with Gasteiger partial charge in [-0.2, -0.15) is 0 Å². The van der Waals surface area contributed by atoms with Crippen LogP contribution in [0.2, 0.25) is 5.02 Å². The molecular weight excluding hydrogens is 384 g/mol. The Morgan fingerprint density at radius 1 is 1.00 bits per heavy atom. The summed E-state index contributed by atoms with van der Waals surface area (Å²) in [5, 5.41) is 18.5. The first kappa shape index (κ1) is 16.9. The molecule has 1 aromatic heterocycles. The predicted molar refractivity (Wildman–Crippen MR) is 111 cm³/mol. The van der Waals surface area contributed by atoms with Crippen LogP contribution in [0.3, 0.4) is 0 Å². The van der Waals surface area contributed by atoms with Gasteiger partial charge in [0.2, 0.25) is 5.13 Å². The summed E-state index contributed by atoms with van der Waals surface area (Å²) in [7, 11) is 0. The normalized spacial score (nSPS) is 31.8. The molecule has 136 valence electrons.